The van der Waals surface area contributed by atoms with E-state index in [4.69, 9.17) is 0 Å². The number of pyridine rings is 1. The molecule has 0 amide bonds. The highest BCUT2D eigenvalue weighted by Gasteiger charge is 2.10. The topological polar surface area (TPSA) is 30.7 Å². The molecule has 0 aliphatic carbocycles. The summed E-state index contributed by atoms with van der Waals surface area (Å²) in [5, 5.41) is 0. The highest BCUT2D eigenvalue weighted by Crippen LogP contribution is 2.19. The third-order valence-electron chi connectivity index (χ3n) is 2.29. The normalized spacial score (nSPS) is 11.7. The second kappa shape index (κ2) is 3.81. The third-order valence-corrected chi connectivity index (χ3v) is 2.29. The largest absolute Gasteiger partial charge is 0.328 e. The number of rotatable bonds is 2. The van der Waals surface area contributed by atoms with Crippen molar-refractivity contribution >= 4 is 17.1 Å². The fourth-order valence-electron chi connectivity index (χ4n) is 1.59. The summed E-state index contributed by atoms with van der Waals surface area (Å²) in [5.74, 6) is -0.322. The fraction of sp³-hybridized carbons (Fsp3) is 0.273. The number of nitrogens with zero attached hydrogens (tertiary/aromatic N) is 3. The van der Waals surface area contributed by atoms with Gasteiger partial charge in [-0.3, -0.25) is 4.98 Å². The number of aromatic nitrogens is 3. The first-order valence-electron chi connectivity index (χ1n) is 4.90. The molecule has 0 aliphatic heterocycles. The molecule has 0 bridgehead atoms. The number of hydrogen-bond acceptors (Lipinski definition) is 2. The van der Waals surface area contributed by atoms with Crippen molar-refractivity contribution in [2.45, 2.75) is 20.4 Å². The van der Waals surface area contributed by atoms with Crippen LogP contribution in [-0.2, 0) is 6.54 Å². The lowest BCUT2D eigenvalue weighted by Crippen LogP contribution is -1.95. The second-order valence-electron chi connectivity index (χ2n) is 3.22. The lowest BCUT2D eigenvalue weighted by Gasteiger charge is -2.01. The smallest absolute Gasteiger partial charge is 0.167 e. The molecule has 78 valence electrons. The van der Waals surface area contributed by atoms with Crippen molar-refractivity contribution in [3.05, 3.63) is 30.1 Å². The van der Waals surface area contributed by atoms with Gasteiger partial charge in [-0.25, -0.2) is 9.37 Å². The first-order valence-corrected chi connectivity index (χ1v) is 4.90. The van der Waals surface area contributed by atoms with Gasteiger partial charge in [0.05, 0.1) is 18.2 Å². The second-order valence-corrected chi connectivity index (χ2v) is 3.22. The monoisotopic (exact) mass is 205 g/mol. The lowest BCUT2D eigenvalue weighted by atomic mass is 10.2. The number of hydrogen-bond donors (Lipinski definition) is 0. The highest BCUT2D eigenvalue weighted by atomic mass is 19.1. The zero-order valence-corrected chi connectivity index (χ0v) is 8.74. The van der Waals surface area contributed by atoms with Crippen molar-refractivity contribution in [3.63, 3.8) is 0 Å². The van der Waals surface area contributed by atoms with Crippen LogP contribution in [0.15, 0.2) is 18.6 Å². The first kappa shape index (κ1) is 9.83. The van der Waals surface area contributed by atoms with E-state index in [0.29, 0.717) is 23.3 Å². The van der Waals surface area contributed by atoms with Gasteiger partial charge < -0.3 is 4.57 Å². The van der Waals surface area contributed by atoms with Gasteiger partial charge in [0.15, 0.2) is 5.82 Å². The summed E-state index contributed by atoms with van der Waals surface area (Å²) < 4.78 is 15.3. The molecule has 4 heteroatoms. The van der Waals surface area contributed by atoms with Gasteiger partial charge in [0.1, 0.15) is 11.0 Å². The molecule has 0 atom stereocenters. The van der Waals surface area contributed by atoms with Crippen molar-refractivity contribution < 1.29 is 4.39 Å². The van der Waals surface area contributed by atoms with Gasteiger partial charge in [-0.1, -0.05) is 6.08 Å². The Balaban J connectivity index is 2.78. The molecular formula is C11H12FN3. The van der Waals surface area contributed by atoms with Crippen molar-refractivity contribution in [3.8, 4) is 0 Å². The van der Waals surface area contributed by atoms with E-state index in [1.54, 1.807) is 10.9 Å². The van der Waals surface area contributed by atoms with Crippen LogP contribution in [0.5, 0.6) is 0 Å². The molecule has 0 N–H and O–H groups in total. The Morgan fingerprint density at radius 3 is 2.93 bits per heavy atom. The third kappa shape index (κ3) is 1.52. The first-order chi connectivity index (χ1) is 7.27. The predicted octanol–water partition coefficient (Wildman–Crippen LogP) is 2.62. The van der Waals surface area contributed by atoms with Gasteiger partial charge in [0.2, 0.25) is 0 Å². The summed E-state index contributed by atoms with van der Waals surface area (Å²) in [6.45, 7) is 4.55. The van der Waals surface area contributed by atoms with E-state index >= 15 is 0 Å². The maximum Gasteiger partial charge on any atom is 0.167 e. The Labute approximate surface area is 87.3 Å². The molecule has 2 aromatic heterocycles. The van der Waals surface area contributed by atoms with Crippen LogP contribution in [0.3, 0.4) is 0 Å². The summed E-state index contributed by atoms with van der Waals surface area (Å²) in [7, 11) is 0. The average molecular weight is 205 g/mol. The molecule has 0 fully saturated rings. The zero-order chi connectivity index (χ0) is 10.8. The fourth-order valence-corrected chi connectivity index (χ4v) is 1.59. The number of imidazole rings is 1. The molecule has 0 aromatic carbocycles. The maximum atomic E-state index is 13.5. The van der Waals surface area contributed by atoms with E-state index in [0.717, 1.165) is 0 Å². The number of fused-ring (bicyclic) bond motifs is 1. The van der Waals surface area contributed by atoms with Gasteiger partial charge in [-0.2, -0.15) is 0 Å². The number of allylic oxidation sites excluding steroid dienone is 1. The maximum absolute atomic E-state index is 13.5. The standard InChI is InChI=1S/C11H12FN3/c1-3-5-9-10-11(8(12)6-13-9)15(4-2)7-14-10/h3,5-7H,4H2,1-2H3/b5-3+. The van der Waals surface area contributed by atoms with Crippen LogP contribution in [-0.4, -0.2) is 14.5 Å². The van der Waals surface area contributed by atoms with Gasteiger partial charge in [-0.15, -0.1) is 0 Å². The molecule has 0 saturated carbocycles. The molecule has 2 heterocycles. The minimum Gasteiger partial charge on any atom is -0.328 e. The molecule has 15 heavy (non-hydrogen) atoms. The minimum atomic E-state index is -0.322. The van der Waals surface area contributed by atoms with Crippen LogP contribution < -0.4 is 0 Å². The Kier molecular flexibility index (Phi) is 2.49. The lowest BCUT2D eigenvalue weighted by molar-refractivity contribution is 0.620. The van der Waals surface area contributed by atoms with Gasteiger partial charge in [0, 0.05) is 6.54 Å². The van der Waals surface area contributed by atoms with Crippen LogP contribution in [0.25, 0.3) is 17.1 Å². The molecule has 0 saturated heterocycles. The van der Waals surface area contributed by atoms with E-state index < -0.39 is 0 Å². The minimum absolute atomic E-state index is 0.322. The number of halogens is 1. The molecule has 0 unspecified atom stereocenters. The summed E-state index contributed by atoms with van der Waals surface area (Å²) in [6, 6.07) is 0. The van der Waals surface area contributed by atoms with Crippen molar-refractivity contribution in [2.24, 2.45) is 0 Å². The molecule has 0 radical (unpaired) electrons. The van der Waals surface area contributed by atoms with E-state index in [1.807, 2.05) is 26.0 Å². The Bertz CT molecular complexity index is 514. The summed E-state index contributed by atoms with van der Waals surface area (Å²) in [4.78, 5) is 8.18. The van der Waals surface area contributed by atoms with Crippen molar-refractivity contribution in [2.75, 3.05) is 0 Å². The molecule has 2 rings (SSSR count). The number of aryl methyl sites for hydroxylation is 1. The van der Waals surface area contributed by atoms with E-state index in [9.17, 15) is 4.39 Å². The molecule has 0 aliphatic rings. The Morgan fingerprint density at radius 1 is 1.47 bits per heavy atom. The SMILES string of the molecule is C/C=C/c1ncc(F)c2c1ncn2CC. The van der Waals surface area contributed by atoms with Crippen LogP contribution >= 0.6 is 0 Å². The van der Waals surface area contributed by atoms with Crippen molar-refractivity contribution in [1.82, 2.24) is 14.5 Å². The van der Waals surface area contributed by atoms with Gasteiger partial charge >= 0.3 is 0 Å². The van der Waals surface area contributed by atoms with Crippen LogP contribution in [0.2, 0.25) is 0 Å². The van der Waals surface area contributed by atoms with Gasteiger partial charge in [0.25, 0.3) is 0 Å². The summed E-state index contributed by atoms with van der Waals surface area (Å²) >= 11 is 0. The predicted molar refractivity (Wildman–Crippen MR) is 57.9 cm³/mol. The highest BCUT2D eigenvalue weighted by molar-refractivity contribution is 5.83. The molecule has 3 nitrogen and oxygen atoms in total. The van der Waals surface area contributed by atoms with Gasteiger partial charge in [-0.05, 0) is 19.9 Å². The van der Waals surface area contributed by atoms with Crippen LogP contribution in [0, 0.1) is 5.82 Å². The van der Waals surface area contributed by atoms with Crippen molar-refractivity contribution in [1.29, 1.82) is 0 Å². The van der Waals surface area contributed by atoms with E-state index in [-0.39, 0.29) is 5.82 Å². The summed E-state index contributed by atoms with van der Waals surface area (Å²) in [6.07, 6.45) is 6.58. The average Bonchev–Trinajstić information content (AvgIpc) is 2.67. The van der Waals surface area contributed by atoms with E-state index in [2.05, 4.69) is 9.97 Å². The summed E-state index contributed by atoms with van der Waals surface area (Å²) in [5.41, 5.74) is 1.86. The van der Waals surface area contributed by atoms with Crippen LogP contribution in [0.4, 0.5) is 4.39 Å². The molecule has 0 spiro atoms. The Hall–Kier alpha value is -1.71. The molecule has 2 aromatic rings. The molecular weight excluding hydrogens is 193 g/mol. The zero-order valence-electron chi connectivity index (χ0n) is 8.74. The quantitative estimate of drug-likeness (QED) is 0.754. The van der Waals surface area contributed by atoms with E-state index in [1.165, 1.54) is 6.20 Å². The van der Waals surface area contributed by atoms with Crippen LogP contribution in [0.1, 0.15) is 19.5 Å². The Morgan fingerprint density at radius 2 is 2.27 bits per heavy atom.